The molecule has 0 aromatic heterocycles. The van der Waals surface area contributed by atoms with Crippen molar-refractivity contribution in [3.05, 3.63) is 22.2 Å². The Labute approximate surface area is 124 Å². The van der Waals surface area contributed by atoms with Gasteiger partial charge in [-0.05, 0) is 50.0 Å². The van der Waals surface area contributed by atoms with E-state index in [2.05, 4.69) is 34.2 Å². The Kier molecular flexibility index (Phi) is 7.91. The summed E-state index contributed by atoms with van der Waals surface area (Å²) in [7, 11) is 3.33. The normalized spacial score (nSPS) is 10.5. The molecule has 19 heavy (non-hydrogen) atoms. The lowest BCUT2D eigenvalue weighted by Crippen LogP contribution is -2.13. The Balaban J connectivity index is 2.49. The fourth-order valence-corrected chi connectivity index (χ4v) is 2.53. The summed E-state index contributed by atoms with van der Waals surface area (Å²) >= 11 is 3.60. The molecule has 1 aromatic carbocycles. The summed E-state index contributed by atoms with van der Waals surface area (Å²) in [4.78, 5) is 0. The predicted octanol–water partition coefficient (Wildman–Crippen LogP) is 3.79. The lowest BCUT2D eigenvalue weighted by Gasteiger charge is -2.12. The number of rotatable bonds is 9. The van der Waals surface area contributed by atoms with Crippen LogP contribution in [-0.4, -0.2) is 27.3 Å². The highest BCUT2D eigenvalue weighted by Gasteiger charge is 2.09. The minimum absolute atomic E-state index is 0.769. The number of halogens is 1. The molecule has 0 amide bonds. The number of hydrogen-bond donors (Lipinski definition) is 1. The van der Waals surface area contributed by atoms with Crippen LogP contribution in [0.1, 0.15) is 31.7 Å². The van der Waals surface area contributed by atoms with E-state index >= 15 is 0 Å². The molecular weight excluding hydrogens is 306 g/mol. The van der Waals surface area contributed by atoms with Gasteiger partial charge < -0.3 is 14.8 Å². The van der Waals surface area contributed by atoms with E-state index in [9.17, 15) is 0 Å². The maximum Gasteiger partial charge on any atom is 0.161 e. The molecule has 0 unspecified atom stereocenters. The van der Waals surface area contributed by atoms with Crippen LogP contribution in [0.25, 0.3) is 0 Å². The smallest absolute Gasteiger partial charge is 0.161 e. The number of benzene rings is 1. The molecule has 1 rings (SSSR count). The Morgan fingerprint density at radius 3 is 2.37 bits per heavy atom. The summed E-state index contributed by atoms with van der Waals surface area (Å²) in [5, 5.41) is 3.35. The lowest BCUT2D eigenvalue weighted by atomic mass is 10.1. The van der Waals surface area contributed by atoms with Gasteiger partial charge in [0.1, 0.15) is 0 Å². The zero-order valence-corrected chi connectivity index (χ0v) is 13.7. The minimum Gasteiger partial charge on any atom is -0.493 e. The van der Waals surface area contributed by atoms with Crippen molar-refractivity contribution in [1.29, 1.82) is 0 Å². The molecule has 3 nitrogen and oxygen atoms in total. The molecule has 0 saturated heterocycles. The van der Waals surface area contributed by atoms with Gasteiger partial charge in [0, 0.05) is 4.47 Å². The zero-order chi connectivity index (χ0) is 14.1. The lowest BCUT2D eigenvalue weighted by molar-refractivity contribution is 0.354. The number of methoxy groups -OCH3 is 2. The average Bonchev–Trinajstić information content (AvgIpc) is 2.43. The second kappa shape index (κ2) is 9.21. The molecule has 4 heteroatoms. The van der Waals surface area contributed by atoms with Gasteiger partial charge in [-0.25, -0.2) is 0 Å². The third-order valence-corrected chi connectivity index (χ3v) is 3.84. The quantitative estimate of drug-likeness (QED) is 0.699. The number of nitrogens with one attached hydrogen (secondary N) is 1. The first-order chi connectivity index (χ1) is 9.22. The third kappa shape index (κ3) is 5.41. The van der Waals surface area contributed by atoms with Crippen LogP contribution >= 0.6 is 15.9 Å². The first-order valence-electron chi connectivity index (χ1n) is 6.84. The van der Waals surface area contributed by atoms with E-state index in [1.54, 1.807) is 14.2 Å². The Morgan fingerprint density at radius 1 is 1.05 bits per heavy atom. The summed E-state index contributed by atoms with van der Waals surface area (Å²) in [6.45, 7) is 4.31. The minimum atomic E-state index is 0.769. The van der Waals surface area contributed by atoms with Gasteiger partial charge in [-0.1, -0.05) is 29.3 Å². The van der Waals surface area contributed by atoms with Gasteiger partial charge in [0.25, 0.3) is 0 Å². The van der Waals surface area contributed by atoms with Crippen molar-refractivity contribution in [2.45, 2.75) is 32.6 Å². The molecule has 1 aromatic rings. The second-order valence-electron chi connectivity index (χ2n) is 4.46. The first-order valence-corrected chi connectivity index (χ1v) is 7.63. The monoisotopic (exact) mass is 329 g/mol. The first kappa shape index (κ1) is 16.3. The van der Waals surface area contributed by atoms with E-state index in [4.69, 9.17) is 9.47 Å². The van der Waals surface area contributed by atoms with Gasteiger partial charge in [0.2, 0.25) is 0 Å². The van der Waals surface area contributed by atoms with Gasteiger partial charge >= 0.3 is 0 Å². The van der Waals surface area contributed by atoms with Crippen LogP contribution in [0.5, 0.6) is 11.5 Å². The van der Waals surface area contributed by atoms with Crippen molar-refractivity contribution < 1.29 is 9.47 Å². The van der Waals surface area contributed by atoms with E-state index in [0.29, 0.717) is 0 Å². The van der Waals surface area contributed by atoms with E-state index < -0.39 is 0 Å². The van der Waals surface area contributed by atoms with Gasteiger partial charge in [-0.2, -0.15) is 0 Å². The predicted molar refractivity (Wildman–Crippen MR) is 83.3 cm³/mol. The number of aryl methyl sites for hydroxylation is 1. The molecular formula is C15H24BrNO2. The molecule has 0 aliphatic heterocycles. The van der Waals surface area contributed by atoms with E-state index in [0.717, 1.165) is 35.5 Å². The molecule has 0 heterocycles. The highest BCUT2D eigenvalue weighted by atomic mass is 79.9. The summed E-state index contributed by atoms with van der Waals surface area (Å²) < 4.78 is 11.7. The van der Waals surface area contributed by atoms with Gasteiger partial charge in [-0.15, -0.1) is 0 Å². The van der Waals surface area contributed by atoms with E-state index in [-0.39, 0.29) is 0 Å². The molecule has 1 N–H and O–H groups in total. The number of unbranched alkanes of at least 4 members (excludes halogenated alkanes) is 2. The topological polar surface area (TPSA) is 30.5 Å². The second-order valence-corrected chi connectivity index (χ2v) is 5.32. The zero-order valence-electron chi connectivity index (χ0n) is 12.1. The fraction of sp³-hybridized carbons (Fsp3) is 0.600. The van der Waals surface area contributed by atoms with Crippen LogP contribution in [0.4, 0.5) is 0 Å². The Bertz CT molecular complexity index is 383. The molecule has 108 valence electrons. The van der Waals surface area contributed by atoms with Crippen LogP contribution in [0.3, 0.4) is 0 Å². The maximum atomic E-state index is 5.34. The summed E-state index contributed by atoms with van der Waals surface area (Å²) in [5.74, 6) is 1.57. The summed E-state index contributed by atoms with van der Waals surface area (Å²) in [6, 6.07) is 4.04. The van der Waals surface area contributed by atoms with Gasteiger partial charge in [-0.3, -0.25) is 0 Å². The number of hydrogen-bond acceptors (Lipinski definition) is 3. The van der Waals surface area contributed by atoms with Crippen molar-refractivity contribution >= 4 is 15.9 Å². The number of ether oxygens (including phenoxy) is 2. The van der Waals surface area contributed by atoms with Crippen molar-refractivity contribution in [1.82, 2.24) is 5.32 Å². The molecule has 0 aliphatic carbocycles. The van der Waals surface area contributed by atoms with Crippen molar-refractivity contribution in [2.75, 3.05) is 27.3 Å². The van der Waals surface area contributed by atoms with Crippen LogP contribution < -0.4 is 14.8 Å². The van der Waals surface area contributed by atoms with Crippen LogP contribution in [0.15, 0.2) is 16.6 Å². The van der Waals surface area contributed by atoms with Crippen molar-refractivity contribution in [3.8, 4) is 11.5 Å². The van der Waals surface area contributed by atoms with Crippen LogP contribution in [0, 0.1) is 0 Å². The van der Waals surface area contributed by atoms with Gasteiger partial charge in [0.15, 0.2) is 11.5 Å². The summed E-state index contributed by atoms with van der Waals surface area (Å²) in [6.07, 6.45) is 4.74. The van der Waals surface area contributed by atoms with Crippen molar-refractivity contribution in [3.63, 3.8) is 0 Å². The summed E-state index contributed by atoms with van der Waals surface area (Å²) in [5.41, 5.74) is 1.28. The molecule has 0 fully saturated rings. The van der Waals surface area contributed by atoms with Gasteiger partial charge in [0.05, 0.1) is 14.2 Å². The molecule has 0 bridgehead atoms. The third-order valence-electron chi connectivity index (χ3n) is 3.10. The van der Waals surface area contributed by atoms with Crippen molar-refractivity contribution in [2.24, 2.45) is 0 Å². The highest BCUT2D eigenvalue weighted by Crippen LogP contribution is 2.33. The molecule has 0 aliphatic rings. The molecule has 0 atom stereocenters. The molecule has 0 spiro atoms. The SMILES string of the molecule is CCNCCCCCc1cc(OC)c(OC)cc1Br. The van der Waals surface area contributed by atoms with E-state index in [1.807, 2.05) is 6.07 Å². The fourth-order valence-electron chi connectivity index (χ4n) is 2.01. The van der Waals surface area contributed by atoms with Crippen LogP contribution in [0.2, 0.25) is 0 Å². The Hall–Kier alpha value is -0.740. The van der Waals surface area contributed by atoms with Crippen LogP contribution in [-0.2, 0) is 6.42 Å². The Morgan fingerprint density at radius 2 is 1.74 bits per heavy atom. The highest BCUT2D eigenvalue weighted by molar-refractivity contribution is 9.10. The van der Waals surface area contributed by atoms with E-state index in [1.165, 1.54) is 24.8 Å². The molecule has 0 radical (unpaired) electrons. The largest absolute Gasteiger partial charge is 0.493 e. The average molecular weight is 330 g/mol. The molecule has 0 saturated carbocycles. The standard InChI is InChI=1S/C15H24BrNO2/c1-4-17-9-7-5-6-8-12-10-14(18-2)15(19-3)11-13(12)16/h10-11,17H,4-9H2,1-3H3. The maximum absolute atomic E-state index is 5.34.